The number of aryl methyl sites for hydroxylation is 2. The van der Waals surface area contributed by atoms with Crippen LogP contribution in [-0.2, 0) is 16.4 Å². The maximum Gasteiger partial charge on any atom is 0.243 e. The van der Waals surface area contributed by atoms with Crippen LogP contribution >= 0.6 is 27.3 Å². The van der Waals surface area contributed by atoms with Crippen LogP contribution in [0.4, 0.5) is 5.13 Å². The molecule has 0 spiro atoms. The van der Waals surface area contributed by atoms with Crippen LogP contribution in [0.2, 0.25) is 0 Å². The molecular weight excluding hydrogens is 482 g/mol. The first-order valence-electron chi connectivity index (χ1n) is 9.83. The monoisotopic (exact) mass is 505 g/mol. The minimum Gasteiger partial charge on any atom is -0.345 e. The second kappa shape index (κ2) is 8.78. The smallest absolute Gasteiger partial charge is 0.243 e. The summed E-state index contributed by atoms with van der Waals surface area (Å²) < 4.78 is 28.2. The molecule has 158 valence electrons. The van der Waals surface area contributed by atoms with Gasteiger partial charge in [-0.2, -0.15) is 4.31 Å². The zero-order valence-electron chi connectivity index (χ0n) is 17.0. The van der Waals surface area contributed by atoms with Crippen molar-refractivity contribution in [2.24, 2.45) is 0 Å². The molecule has 2 aromatic carbocycles. The Kier molecular flexibility index (Phi) is 6.29. The Bertz CT molecular complexity index is 1130. The van der Waals surface area contributed by atoms with Gasteiger partial charge in [-0.05, 0) is 37.6 Å². The first kappa shape index (κ1) is 21.5. The van der Waals surface area contributed by atoms with Crippen molar-refractivity contribution < 1.29 is 8.42 Å². The summed E-state index contributed by atoms with van der Waals surface area (Å²) in [6, 6.07) is 13.5. The van der Waals surface area contributed by atoms with Gasteiger partial charge in [-0.3, -0.25) is 0 Å². The second-order valence-corrected chi connectivity index (χ2v) is 11.3. The van der Waals surface area contributed by atoms with Crippen molar-refractivity contribution in [1.29, 1.82) is 0 Å². The molecule has 4 rings (SSSR count). The topological polar surface area (TPSA) is 53.5 Å². The average Bonchev–Trinajstić information content (AvgIpc) is 3.16. The van der Waals surface area contributed by atoms with E-state index < -0.39 is 10.0 Å². The van der Waals surface area contributed by atoms with Crippen molar-refractivity contribution in [3.05, 3.63) is 74.7 Å². The van der Waals surface area contributed by atoms with Crippen molar-refractivity contribution in [3.63, 3.8) is 0 Å². The summed E-state index contributed by atoms with van der Waals surface area (Å²) in [6.45, 7) is 6.43. The van der Waals surface area contributed by atoms with E-state index in [0.717, 1.165) is 21.7 Å². The lowest BCUT2D eigenvalue weighted by Gasteiger charge is -2.33. The highest BCUT2D eigenvalue weighted by Gasteiger charge is 2.29. The molecule has 0 unspecified atom stereocenters. The summed E-state index contributed by atoms with van der Waals surface area (Å²) in [4.78, 5) is 7.33. The van der Waals surface area contributed by atoms with Gasteiger partial charge in [-0.1, -0.05) is 51.3 Å². The molecule has 1 aliphatic rings. The number of aromatic nitrogens is 1. The molecule has 0 bridgehead atoms. The van der Waals surface area contributed by atoms with Crippen LogP contribution in [-0.4, -0.2) is 43.9 Å². The molecule has 0 radical (unpaired) electrons. The molecule has 3 aromatic rings. The number of rotatable bonds is 5. The van der Waals surface area contributed by atoms with Crippen LogP contribution in [0.3, 0.4) is 0 Å². The second-order valence-electron chi connectivity index (χ2n) is 7.64. The SMILES string of the molecule is Cc1cc(C)cc(Cc2csc(N3CCN(S(=O)(=O)c4cccc(Br)c4)CC3)n2)c1. The van der Waals surface area contributed by atoms with E-state index in [1.165, 1.54) is 16.7 Å². The van der Waals surface area contributed by atoms with E-state index in [2.05, 4.69) is 58.3 Å². The standard InChI is InChI=1S/C22H24BrN3O2S2/c1-16-10-17(2)12-18(11-16)13-20-15-29-22(24-20)25-6-8-26(9-7-25)30(27,28)21-5-3-4-19(23)14-21/h3-5,10-12,14-15H,6-9,13H2,1-2H3. The quantitative estimate of drug-likeness (QED) is 0.507. The van der Waals surface area contributed by atoms with Gasteiger partial charge in [-0.15, -0.1) is 11.3 Å². The number of anilines is 1. The van der Waals surface area contributed by atoms with E-state index in [1.54, 1.807) is 33.8 Å². The van der Waals surface area contributed by atoms with Crippen LogP contribution in [0.1, 0.15) is 22.4 Å². The van der Waals surface area contributed by atoms with Gasteiger partial charge >= 0.3 is 0 Å². The lowest BCUT2D eigenvalue weighted by atomic mass is 10.0. The third-order valence-electron chi connectivity index (χ3n) is 5.15. The molecule has 1 aliphatic heterocycles. The molecule has 5 nitrogen and oxygen atoms in total. The maximum absolute atomic E-state index is 12.9. The fourth-order valence-electron chi connectivity index (χ4n) is 3.80. The number of nitrogens with zero attached hydrogens (tertiary/aromatic N) is 3. The van der Waals surface area contributed by atoms with Crippen LogP contribution in [0, 0.1) is 13.8 Å². The molecule has 0 amide bonds. The minimum atomic E-state index is -3.47. The first-order chi connectivity index (χ1) is 14.3. The van der Waals surface area contributed by atoms with Gasteiger partial charge in [0.15, 0.2) is 5.13 Å². The number of hydrogen-bond donors (Lipinski definition) is 0. The molecule has 8 heteroatoms. The van der Waals surface area contributed by atoms with Gasteiger partial charge in [0.2, 0.25) is 10.0 Å². The molecular formula is C22H24BrN3O2S2. The van der Waals surface area contributed by atoms with Crippen LogP contribution in [0.25, 0.3) is 0 Å². The number of thiazole rings is 1. The largest absolute Gasteiger partial charge is 0.345 e. The van der Waals surface area contributed by atoms with E-state index in [1.807, 2.05) is 6.07 Å². The molecule has 0 saturated carbocycles. The van der Waals surface area contributed by atoms with Gasteiger partial charge in [0, 0.05) is 42.5 Å². The molecule has 0 aliphatic carbocycles. The van der Waals surface area contributed by atoms with Crippen molar-refractivity contribution in [2.45, 2.75) is 25.2 Å². The van der Waals surface area contributed by atoms with Crippen molar-refractivity contribution >= 4 is 42.4 Å². The summed E-state index contributed by atoms with van der Waals surface area (Å²) in [7, 11) is -3.47. The normalized spacial score (nSPS) is 15.5. The van der Waals surface area contributed by atoms with E-state index in [0.29, 0.717) is 31.1 Å². The van der Waals surface area contributed by atoms with Gasteiger partial charge in [0.25, 0.3) is 0 Å². The van der Waals surface area contributed by atoms with Crippen molar-refractivity contribution in [2.75, 3.05) is 31.1 Å². The molecule has 0 atom stereocenters. The number of halogens is 1. The summed E-state index contributed by atoms with van der Waals surface area (Å²) in [6.07, 6.45) is 0.816. The number of piperazine rings is 1. The lowest BCUT2D eigenvalue weighted by Crippen LogP contribution is -2.48. The molecule has 1 aromatic heterocycles. The first-order valence-corrected chi connectivity index (χ1v) is 12.9. The van der Waals surface area contributed by atoms with Gasteiger partial charge in [0.05, 0.1) is 10.6 Å². The summed E-state index contributed by atoms with van der Waals surface area (Å²) >= 11 is 4.99. The Morgan fingerprint density at radius 2 is 1.73 bits per heavy atom. The van der Waals surface area contributed by atoms with Crippen LogP contribution < -0.4 is 4.90 Å². The maximum atomic E-state index is 12.9. The van der Waals surface area contributed by atoms with E-state index in [9.17, 15) is 8.42 Å². The predicted octanol–water partition coefficient (Wildman–Crippen LogP) is 4.62. The number of benzene rings is 2. The Labute approximate surface area is 190 Å². The zero-order chi connectivity index (χ0) is 21.3. The number of hydrogen-bond acceptors (Lipinski definition) is 5. The molecule has 1 saturated heterocycles. The van der Waals surface area contributed by atoms with Crippen molar-refractivity contribution in [3.8, 4) is 0 Å². The minimum absolute atomic E-state index is 0.329. The Hall–Kier alpha value is -1.74. The third kappa shape index (κ3) is 4.77. The summed E-state index contributed by atoms with van der Waals surface area (Å²) in [5, 5.41) is 3.08. The average molecular weight is 506 g/mol. The molecule has 1 fully saturated rings. The highest BCUT2D eigenvalue weighted by molar-refractivity contribution is 9.10. The van der Waals surface area contributed by atoms with Gasteiger partial charge < -0.3 is 4.90 Å². The fraction of sp³-hybridized carbons (Fsp3) is 0.318. The Balaban J connectivity index is 1.41. The number of sulfonamides is 1. The van der Waals surface area contributed by atoms with Crippen molar-refractivity contribution in [1.82, 2.24) is 9.29 Å². The third-order valence-corrected chi connectivity index (χ3v) is 8.49. The van der Waals surface area contributed by atoms with Gasteiger partial charge in [-0.25, -0.2) is 13.4 Å². The zero-order valence-corrected chi connectivity index (χ0v) is 20.2. The Morgan fingerprint density at radius 3 is 2.40 bits per heavy atom. The molecule has 0 N–H and O–H groups in total. The molecule has 2 heterocycles. The van der Waals surface area contributed by atoms with Crippen LogP contribution in [0.15, 0.2) is 57.2 Å². The van der Waals surface area contributed by atoms with E-state index >= 15 is 0 Å². The van der Waals surface area contributed by atoms with Gasteiger partial charge in [0.1, 0.15) is 0 Å². The summed E-state index contributed by atoms with van der Waals surface area (Å²) in [5.41, 5.74) is 4.87. The highest BCUT2D eigenvalue weighted by Crippen LogP contribution is 2.26. The van der Waals surface area contributed by atoms with E-state index in [-0.39, 0.29) is 0 Å². The lowest BCUT2D eigenvalue weighted by molar-refractivity contribution is 0.384. The predicted molar refractivity (Wildman–Crippen MR) is 126 cm³/mol. The van der Waals surface area contributed by atoms with Crippen LogP contribution in [0.5, 0.6) is 0 Å². The molecule has 30 heavy (non-hydrogen) atoms. The summed E-state index contributed by atoms with van der Waals surface area (Å²) in [5.74, 6) is 0. The van der Waals surface area contributed by atoms with E-state index in [4.69, 9.17) is 4.98 Å². The Morgan fingerprint density at radius 1 is 1.03 bits per heavy atom. The fourth-order valence-corrected chi connectivity index (χ4v) is 6.70. The highest BCUT2D eigenvalue weighted by atomic mass is 79.9.